The number of fused-ring (bicyclic) bond motifs is 1. The third-order valence-electron chi connectivity index (χ3n) is 1.81. The Morgan fingerprint density at radius 3 is 1.81 bits per heavy atom. The molecule has 0 amide bonds. The van der Waals surface area contributed by atoms with Gasteiger partial charge in [0.05, 0.1) is 0 Å². The maximum absolute atomic E-state index is 5.34. The van der Waals surface area contributed by atoms with Crippen molar-refractivity contribution in [2.24, 2.45) is 0 Å². The van der Waals surface area contributed by atoms with Crippen LogP contribution in [0.3, 0.4) is 0 Å². The summed E-state index contributed by atoms with van der Waals surface area (Å²) < 4.78 is 4.51. The molecule has 16 heavy (non-hydrogen) atoms. The van der Waals surface area contributed by atoms with Crippen LogP contribution in [0.2, 0.25) is 10.6 Å². The van der Waals surface area contributed by atoms with Gasteiger partial charge in [-0.2, -0.15) is 0 Å². The zero-order chi connectivity index (χ0) is 11.2. The molecule has 0 aliphatic carbocycles. The van der Waals surface area contributed by atoms with Gasteiger partial charge in [-0.3, -0.25) is 0 Å². The van der Waals surface area contributed by atoms with Gasteiger partial charge in [-0.15, -0.1) is 0 Å². The van der Waals surface area contributed by atoms with Crippen LogP contribution >= 0.6 is 58.4 Å². The van der Waals surface area contributed by atoms with Crippen LogP contribution in [-0.2, 0) is 0 Å². The van der Waals surface area contributed by atoms with E-state index in [-0.39, 0.29) is 0 Å². The van der Waals surface area contributed by atoms with E-state index in [0.717, 1.165) is 3.14 Å². The molecule has 1 aliphatic heterocycles. The summed E-state index contributed by atoms with van der Waals surface area (Å²) in [5.74, 6) is 5.39. The average molecular weight is 438 g/mol. The first-order valence-electron chi connectivity index (χ1n) is 4.91. The molecule has 90 valence electrons. The summed E-state index contributed by atoms with van der Waals surface area (Å²) in [4.78, 5) is 0. The van der Waals surface area contributed by atoms with Crippen molar-refractivity contribution < 1.29 is 0 Å². The van der Waals surface area contributed by atoms with Gasteiger partial charge in [-0.1, -0.05) is 0 Å². The number of rotatable bonds is 0. The maximum atomic E-state index is 5.34. The van der Waals surface area contributed by atoms with Gasteiger partial charge in [0.25, 0.3) is 0 Å². The molecule has 1 aromatic heterocycles. The second-order valence-electron chi connectivity index (χ2n) is 2.95. The number of hydrogen-bond donors (Lipinski definition) is 0. The first-order chi connectivity index (χ1) is 7.86. The molecule has 0 nitrogen and oxygen atoms in total. The Bertz CT molecular complexity index is 340. The third kappa shape index (κ3) is 4.94. The Hall–Kier alpha value is 2.01. The SMILES string of the molecule is S=c1sc2c(s1)[Se]CCSCCSCC[Se]2. The summed E-state index contributed by atoms with van der Waals surface area (Å²) in [6.07, 6.45) is 0. The summed E-state index contributed by atoms with van der Waals surface area (Å²) in [6.45, 7) is 0. The van der Waals surface area contributed by atoms with E-state index in [1.54, 1.807) is 7.55 Å². The van der Waals surface area contributed by atoms with Crippen molar-refractivity contribution in [2.45, 2.75) is 10.6 Å². The van der Waals surface area contributed by atoms with Crippen molar-refractivity contribution in [2.75, 3.05) is 23.0 Å². The fourth-order valence-electron chi connectivity index (χ4n) is 1.14. The molecule has 0 N–H and O–H groups in total. The van der Waals surface area contributed by atoms with Gasteiger partial charge < -0.3 is 0 Å². The van der Waals surface area contributed by atoms with Gasteiger partial charge in [0, 0.05) is 0 Å². The van der Waals surface area contributed by atoms with Crippen LogP contribution in [0.5, 0.6) is 0 Å². The van der Waals surface area contributed by atoms with E-state index in [0.29, 0.717) is 29.9 Å². The van der Waals surface area contributed by atoms with E-state index in [4.69, 9.17) is 12.2 Å². The monoisotopic (exact) mass is 440 g/mol. The molecular formula is C9H12S5Se2. The van der Waals surface area contributed by atoms with Crippen LogP contribution in [-0.4, -0.2) is 52.9 Å². The summed E-state index contributed by atoms with van der Waals surface area (Å²) in [7, 11) is 0. The van der Waals surface area contributed by atoms with Gasteiger partial charge in [-0.25, -0.2) is 0 Å². The molecule has 0 spiro atoms. The summed E-state index contributed by atoms with van der Waals surface area (Å²) in [5.41, 5.74) is 0. The molecule has 0 bridgehead atoms. The number of thioether (sulfide) groups is 2. The van der Waals surface area contributed by atoms with Crippen LogP contribution in [0.15, 0.2) is 0 Å². The van der Waals surface area contributed by atoms with E-state index in [1.807, 2.05) is 22.7 Å². The van der Waals surface area contributed by atoms with E-state index >= 15 is 0 Å². The van der Waals surface area contributed by atoms with Gasteiger partial charge >= 0.3 is 133 Å². The van der Waals surface area contributed by atoms with Crippen LogP contribution in [0, 0.1) is 3.14 Å². The van der Waals surface area contributed by atoms with Crippen molar-refractivity contribution in [3.8, 4) is 0 Å². The molecule has 0 radical (unpaired) electrons. The van der Waals surface area contributed by atoms with Gasteiger partial charge in [0.15, 0.2) is 0 Å². The summed E-state index contributed by atoms with van der Waals surface area (Å²) >= 11 is 14.8. The van der Waals surface area contributed by atoms with E-state index < -0.39 is 0 Å². The van der Waals surface area contributed by atoms with Crippen LogP contribution in [0.25, 0.3) is 0 Å². The fourth-order valence-corrected chi connectivity index (χ4v) is 15.2. The number of hydrogen-bond acceptors (Lipinski definition) is 5. The summed E-state index contributed by atoms with van der Waals surface area (Å²) in [5, 5.41) is 2.79. The average Bonchev–Trinajstić information content (AvgIpc) is 2.59. The minimum atomic E-state index is 0.703. The predicted octanol–water partition coefficient (Wildman–Crippen LogP) is 2.51. The molecule has 1 aliphatic rings. The quantitative estimate of drug-likeness (QED) is 0.452. The Balaban J connectivity index is 2.01. The first-order valence-corrected chi connectivity index (χ1v) is 13.4. The van der Waals surface area contributed by atoms with Crippen LogP contribution in [0.1, 0.15) is 0 Å². The molecule has 0 saturated heterocycles. The zero-order valence-corrected chi connectivity index (χ0v) is 16.1. The second kappa shape index (κ2) is 8.23. The predicted molar refractivity (Wildman–Crippen MR) is 88.1 cm³/mol. The summed E-state index contributed by atoms with van der Waals surface area (Å²) in [6, 6.07) is 0. The Kier molecular flexibility index (Phi) is 7.42. The molecule has 1 aromatic rings. The van der Waals surface area contributed by atoms with Crippen molar-refractivity contribution >= 4 is 95.9 Å². The molecule has 0 saturated carbocycles. The van der Waals surface area contributed by atoms with Crippen molar-refractivity contribution in [3.05, 3.63) is 3.14 Å². The molecule has 2 rings (SSSR count). The molecule has 0 unspecified atom stereocenters. The van der Waals surface area contributed by atoms with Crippen LogP contribution < -0.4 is 7.55 Å². The van der Waals surface area contributed by atoms with Gasteiger partial charge in [0.1, 0.15) is 0 Å². The third-order valence-corrected chi connectivity index (χ3v) is 14.6. The van der Waals surface area contributed by atoms with Gasteiger partial charge in [-0.05, 0) is 0 Å². The zero-order valence-electron chi connectivity index (χ0n) is 8.60. The fraction of sp³-hybridized carbons (Fsp3) is 0.667. The first kappa shape index (κ1) is 14.4. The Morgan fingerprint density at radius 2 is 1.31 bits per heavy atom. The van der Waals surface area contributed by atoms with Crippen molar-refractivity contribution in [1.82, 2.24) is 0 Å². The standard InChI is InChI=1S/C9H12S5Se2/c10-9-13-7-8(14-9)16-6-4-12-2-1-11-3-5-15-7/h1-6H2. The van der Waals surface area contributed by atoms with Crippen molar-refractivity contribution in [1.29, 1.82) is 0 Å². The van der Waals surface area contributed by atoms with Gasteiger partial charge in [0.2, 0.25) is 0 Å². The van der Waals surface area contributed by atoms with Crippen molar-refractivity contribution in [3.63, 3.8) is 0 Å². The Labute approximate surface area is 131 Å². The topological polar surface area (TPSA) is 0 Å². The second-order valence-corrected chi connectivity index (χ2v) is 14.4. The molecule has 0 aromatic carbocycles. The van der Waals surface area contributed by atoms with E-state index in [2.05, 4.69) is 23.5 Å². The van der Waals surface area contributed by atoms with E-state index in [1.165, 1.54) is 33.6 Å². The van der Waals surface area contributed by atoms with E-state index in [9.17, 15) is 0 Å². The van der Waals surface area contributed by atoms with Crippen LogP contribution in [0.4, 0.5) is 0 Å². The normalized spacial score (nSPS) is 19.5. The molecule has 2 heterocycles. The Morgan fingerprint density at radius 1 is 0.812 bits per heavy atom. The molecule has 0 atom stereocenters. The molecule has 7 heteroatoms. The minimum absolute atomic E-state index is 0.703. The molecular weight excluding hydrogens is 426 g/mol. The molecule has 0 fully saturated rings.